The van der Waals surface area contributed by atoms with Gasteiger partial charge in [-0.15, -0.1) is 0 Å². The van der Waals surface area contributed by atoms with Gasteiger partial charge in [0, 0.05) is 19.2 Å². The number of aliphatic hydroxyl groups is 1. The van der Waals surface area contributed by atoms with E-state index in [-0.39, 0.29) is 5.82 Å². The van der Waals surface area contributed by atoms with E-state index in [9.17, 15) is 9.50 Å². The second kappa shape index (κ2) is 5.21. The van der Waals surface area contributed by atoms with E-state index in [4.69, 9.17) is 5.73 Å². The summed E-state index contributed by atoms with van der Waals surface area (Å²) in [5, 5.41) is 10.1. The SMILES string of the molecule is CC1(O)CCCN(c2cc(F)c(I)cc2N)CC1. The Hall–Kier alpha value is -0.560. The Morgan fingerprint density at radius 2 is 2.11 bits per heavy atom. The lowest BCUT2D eigenvalue weighted by molar-refractivity contribution is 0.0481. The molecule has 1 aromatic carbocycles. The van der Waals surface area contributed by atoms with Gasteiger partial charge < -0.3 is 15.7 Å². The van der Waals surface area contributed by atoms with E-state index in [1.54, 1.807) is 6.07 Å². The van der Waals surface area contributed by atoms with Crippen LogP contribution in [0.25, 0.3) is 0 Å². The first-order valence-corrected chi connectivity index (χ1v) is 7.19. The summed E-state index contributed by atoms with van der Waals surface area (Å²) in [5.41, 5.74) is 6.69. The number of hydrogen-bond donors (Lipinski definition) is 2. The molecule has 1 atom stereocenters. The van der Waals surface area contributed by atoms with Crippen molar-refractivity contribution in [1.29, 1.82) is 0 Å². The van der Waals surface area contributed by atoms with Crippen LogP contribution in [0.1, 0.15) is 26.2 Å². The summed E-state index contributed by atoms with van der Waals surface area (Å²) in [7, 11) is 0. The minimum Gasteiger partial charge on any atom is -0.397 e. The van der Waals surface area contributed by atoms with Crippen LogP contribution in [0.2, 0.25) is 0 Å². The topological polar surface area (TPSA) is 49.5 Å². The summed E-state index contributed by atoms with van der Waals surface area (Å²) in [5.74, 6) is -0.240. The predicted molar refractivity (Wildman–Crippen MR) is 80.2 cm³/mol. The molecule has 3 N–H and O–H groups in total. The molecule has 1 aliphatic rings. The van der Waals surface area contributed by atoms with Gasteiger partial charge in [-0.25, -0.2) is 4.39 Å². The van der Waals surface area contributed by atoms with E-state index in [1.807, 2.05) is 29.5 Å². The van der Waals surface area contributed by atoms with Crippen LogP contribution in [0.15, 0.2) is 12.1 Å². The summed E-state index contributed by atoms with van der Waals surface area (Å²) >= 11 is 1.94. The van der Waals surface area contributed by atoms with Crippen LogP contribution in [0, 0.1) is 9.39 Å². The molecule has 0 spiro atoms. The van der Waals surface area contributed by atoms with Gasteiger partial charge in [-0.1, -0.05) is 0 Å². The van der Waals surface area contributed by atoms with E-state index in [0.717, 1.165) is 25.1 Å². The lowest BCUT2D eigenvalue weighted by atomic mass is 9.98. The predicted octanol–water partition coefficient (Wildman–Crippen LogP) is 2.75. The van der Waals surface area contributed by atoms with Gasteiger partial charge >= 0.3 is 0 Å². The molecule has 3 nitrogen and oxygen atoms in total. The van der Waals surface area contributed by atoms with E-state index < -0.39 is 5.60 Å². The molecule has 0 aliphatic carbocycles. The quantitative estimate of drug-likeness (QED) is 0.595. The van der Waals surface area contributed by atoms with Crippen LogP contribution in [0.5, 0.6) is 0 Å². The Morgan fingerprint density at radius 1 is 1.39 bits per heavy atom. The van der Waals surface area contributed by atoms with Crippen molar-refractivity contribution in [3.63, 3.8) is 0 Å². The smallest absolute Gasteiger partial charge is 0.138 e. The normalized spacial score (nSPS) is 25.0. The molecule has 0 saturated carbocycles. The van der Waals surface area contributed by atoms with Crippen LogP contribution in [0.3, 0.4) is 0 Å². The van der Waals surface area contributed by atoms with Crippen LogP contribution in [0.4, 0.5) is 15.8 Å². The molecule has 1 aromatic rings. The van der Waals surface area contributed by atoms with Gasteiger partial charge in [0.15, 0.2) is 0 Å². The molecule has 1 heterocycles. The highest BCUT2D eigenvalue weighted by Gasteiger charge is 2.26. The third-order valence-electron chi connectivity index (χ3n) is 3.47. The van der Waals surface area contributed by atoms with Crippen LogP contribution in [-0.4, -0.2) is 23.8 Å². The second-order valence-corrected chi connectivity index (χ2v) is 6.32. The summed E-state index contributed by atoms with van der Waals surface area (Å²) < 4.78 is 14.2. The average Bonchev–Trinajstić information content (AvgIpc) is 2.45. The molecule has 100 valence electrons. The maximum Gasteiger partial charge on any atom is 0.138 e. The number of benzene rings is 1. The zero-order chi connectivity index (χ0) is 13.3. The van der Waals surface area contributed by atoms with Crippen molar-refractivity contribution in [3.8, 4) is 0 Å². The van der Waals surface area contributed by atoms with Crippen molar-refractivity contribution in [2.45, 2.75) is 31.8 Å². The van der Waals surface area contributed by atoms with Crippen molar-refractivity contribution in [2.75, 3.05) is 23.7 Å². The minimum atomic E-state index is -0.620. The number of rotatable bonds is 1. The first kappa shape index (κ1) is 13.9. The largest absolute Gasteiger partial charge is 0.397 e. The average molecular weight is 364 g/mol. The molecule has 1 unspecified atom stereocenters. The molecule has 1 fully saturated rings. The zero-order valence-corrected chi connectivity index (χ0v) is 12.6. The maximum atomic E-state index is 13.6. The van der Waals surface area contributed by atoms with Crippen LogP contribution >= 0.6 is 22.6 Å². The van der Waals surface area contributed by atoms with Gasteiger partial charge in [-0.05, 0) is 54.8 Å². The molecule has 2 rings (SSSR count). The van der Waals surface area contributed by atoms with Crippen molar-refractivity contribution < 1.29 is 9.50 Å². The molecular formula is C13H18FIN2O. The summed E-state index contributed by atoms with van der Waals surface area (Å²) in [6, 6.07) is 3.16. The Balaban J connectivity index is 2.24. The molecule has 0 bridgehead atoms. The summed E-state index contributed by atoms with van der Waals surface area (Å²) in [4.78, 5) is 2.07. The van der Waals surface area contributed by atoms with Gasteiger partial charge in [0.1, 0.15) is 5.82 Å². The standard InChI is InChI=1S/C13H18FIN2O/c1-13(18)3-2-5-17(6-4-13)12-7-9(14)10(15)8-11(12)16/h7-8,18H,2-6,16H2,1H3. The molecule has 1 saturated heterocycles. The van der Waals surface area contributed by atoms with E-state index in [1.165, 1.54) is 6.07 Å². The third-order valence-corrected chi connectivity index (χ3v) is 4.30. The minimum absolute atomic E-state index is 0.240. The third kappa shape index (κ3) is 3.06. The highest BCUT2D eigenvalue weighted by Crippen LogP contribution is 2.31. The highest BCUT2D eigenvalue weighted by atomic mass is 127. The second-order valence-electron chi connectivity index (χ2n) is 5.16. The van der Waals surface area contributed by atoms with Gasteiger partial charge in [-0.2, -0.15) is 0 Å². The number of nitrogen functional groups attached to an aromatic ring is 1. The van der Waals surface area contributed by atoms with Crippen molar-refractivity contribution in [2.24, 2.45) is 0 Å². The fraction of sp³-hybridized carbons (Fsp3) is 0.538. The van der Waals surface area contributed by atoms with Crippen molar-refractivity contribution in [1.82, 2.24) is 0 Å². The number of hydrogen-bond acceptors (Lipinski definition) is 3. The zero-order valence-electron chi connectivity index (χ0n) is 10.4. The number of nitrogens with zero attached hydrogens (tertiary/aromatic N) is 1. The molecule has 5 heteroatoms. The lowest BCUT2D eigenvalue weighted by Gasteiger charge is -2.25. The van der Waals surface area contributed by atoms with Crippen molar-refractivity contribution >= 4 is 34.0 Å². The molecule has 0 amide bonds. The number of anilines is 2. The fourth-order valence-corrected chi connectivity index (χ4v) is 2.82. The van der Waals surface area contributed by atoms with Crippen LogP contribution < -0.4 is 10.6 Å². The molecule has 1 aliphatic heterocycles. The Kier molecular flexibility index (Phi) is 4.01. The first-order chi connectivity index (χ1) is 8.39. The molecular weight excluding hydrogens is 346 g/mol. The van der Waals surface area contributed by atoms with Gasteiger partial charge in [0.2, 0.25) is 0 Å². The van der Waals surface area contributed by atoms with Gasteiger partial charge in [-0.3, -0.25) is 0 Å². The van der Waals surface area contributed by atoms with Crippen LogP contribution in [-0.2, 0) is 0 Å². The first-order valence-electron chi connectivity index (χ1n) is 6.11. The van der Waals surface area contributed by atoms with Gasteiger partial charge in [0.25, 0.3) is 0 Å². The molecule has 0 aromatic heterocycles. The van der Waals surface area contributed by atoms with Crippen molar-refractivity contribution in [3.05, 3.63) is 21.5 Å². The Morgan fingerprint density at radius 3 is 2.83 bits per heavy atom. The Bertz CT molecular complexity index is 451. The number of halogens is 2. The van der Waals surface area contributed by atoms with E-state index in [2.05, 4.69) is 4.90 Å². The highest BCUT2D eigenvalue weighted by molar-refractivity contribution is 14.1. The van der Waals surface area contributed by atoms with E-state index in [0.29, 0.717) is 22.2 Å². The molecule has 0 radical (unpaired) electrons. The molecule has 18 heavy (non-hydrogen) atoms. The number of nitrogens with two attached hydrogens (primary N) is 1. The summed E-state index contributed by atoms with van der Waals surface area (Å²) in [6.07, 6.45) is 2.34. The monoisotopic (exact) mass is 364 g/mol. The summed E-state index contributed by atoms with van der Waals surface area (Å²) in [6.45, 7) is 3.37. The van der Waals surface area contributed by atoms with Gasteiger partial charge in [0.05, 0.1) is 20.5 Å². The lowest BCUT2D eigenvalue weighted by Crippen LogP contribution is -2.28. The van der Waals surface area contributed by atoms with E-state index >= 15 is 0 Å². The fourth-order valence-electron chi connectivity index (χ4n) is 2.33. The Labute approximate surface area is 120 Å². The maximum absolute atomic E-state index is 13.6.